The molecular formula is C54H26B2N2O2S2. The van der Waals surface area contributed by atoms with E-state index in [1.54, 1.807) is 0 Å². The third-order valence-corrected chi connectivity index (χ3v) is 16.9. The van der Waals surface area contributed by atoms with E-state index in [9.17, 15) is 0 Å². The Morgan fingerprint density at radius 3 is 1.32 bits per heavy atom. The van der Waals surface area contributed by atoms with Gasteiger partial charge in [0.2, 0.25) is 13.4 Å². The van der Waals surface area contributed by atoms with Crippen molar-refractivity contribution in [3.63, 3.8) is 0 Å². The van der Waals surface area contributed by atoms with E-state index in [1.165, 1.54) is 118 Å². The van der Waals surface area contributed by atoms with Crippen molar-refractivity contribution in [3.8, 4) is 11.4 Å². The predicted octanol–water partition coefficient (Wildman–Crippen LogP) is 10.3. The van der Waals surface area contributed by atoms with Crippen LogP contribution in [0.3, 0.4) is 0 Å². The lowest BCUT2D eigenvalue weighted by atomic mass is 9.32. The van der Waals surface area contributed by atoms with E-state index in [4.69, 9.17) is 8.83 Å². The number of aromatic nitrogens is 2. The minimum absolute atomic E-state index is 0.102. The molecule has 0 radical (unpaired) electrons. The molecule has 4 aliphatic heterocycles. The van der Waals surface area contributed by atoms with Gasteiger partial charge < -0.3 is 18.0 Å². The molecule has 0 atom stereocenters. The van der Waals surface area contributed by atoms with Crippen LogP contribution in [0.2, 0.25) is 0 Å². The molecule has 0 amide bonds. The van der Waals surface area contributed by atoms with Gasteiger partial charge in [0.25, 0.3) is 0 Å². The monoisotopic (exact) mass is 820 g/mol. The second-order valence-corrected chi connectivity index (χ2v) is 19.6. The number of furan rings is 2. The van der Waals surface area contributed by atoms with E-state index in [0.29, 0.717) is 0 Å². The van der Waals surface area contributed by atoms with Gasteiger partial charge in [0.05, 0.1) is 11.0 Å². The first kappa shape index (κ1) is 31.8. The van der Waals surface area contributed by atoms with Gasteiger partial charge in [-0.2, -0.15) is 0 Å². The Bertz CT molecular complexity index is 4050. The third-order valence-electron chi connectivity index (χ3n) is 14.6. The SMILES string of the molecule is c1cc2c3c(c1)-n1c4cc5oc6ccccc6c5cc4c4cccc(c41)B3c1cc3c(cc1S2)Sc1cccc2c1B3c1cccc3c4cc5c(cc4n-2c13)oc1ccccc15. The highest BCUT2D eigenvalue weighted by Gasteiger charge is 2.44. The maximum Gasteiger partial charge on any atom is 0.249 e. The molecule has 0 aliphatic carbocycles. The van der Waals surface area contributed by atoms with Crippen LogP contribution in [-0.4, -0.2) is 22.6 Å². The Morgan fingerprint density at radius 2 is 0.806 bits per heavy atom. The molecular weight excluding hydrogens is 794 g/mol. The van der Waals surface area contributed by atoms with Gasteiger partial charge in [0.1, 0.15) is 22.3 Å². The van der Waals surface area contributed by atoms with Crippen LogP contribution in [0, 0.1) is 0 Å². The standard InChI is InChI=1S/C54H26B2N2O2S2/c1-3-17-43-27(9-1)33-21-31-29-11-5-13-35-53(29)57(41(31)24-45(33)59-43)39-15-7-19-47-51(39)55(35)37-23-38-50(26-49(37)61-47)62-48-20-8-16-40-52(48)56(38)36-14-6-12-30-32-22-34-28-10-2-4-18-44(28)60-46(34)25-42(32)58(40)54(30)36/h1-26H. The minimum atomic E-state index is 0.102. The Morgan fingerprint density at radius 1 is 0.339 bits per heavy atom. The quantitative estimate of drug-likeness (QED) is 0.143. The number of hydrogen-bond donors (Lipinski definition) is 0. The summed E-state index contributed by atoms with van der Waals surface area (Å²) in [7, 11) is 0. The zero-order chi connectivity index (χ0) is 39.7. The largest absolute Gasteiger partial charge is 0.456 e. The Labute approximate surface area is 361 Å². The summed E-state index contributed by atoms with van der Waals surface area (Å²) in [5, 5.41) is 9.77. The molecule has 4 aliphatic rings. The van der Waals surface area contributed by atoms with E-state index in [1.807, 2.05) is 23.5 Å². The van der Waals surface area contributed by atoms with E-state index >= 15 is 0 Å². The molecule has 8 heteroatoms. The van der Waals surface area contributed by atoms with Gasteiger partial charge in [0.15, 0.2) is 0 Å². The van der Waals surface area contributed by atoms with Gasteiger partial charge in [-0.1, -0.05) is 125 Å². The van der Waals surface area contributed by atoms with Crippen molar-refractivity contribution in [2.24, 2.45) is 0 Å². The predicted molar refractivity (Wildman–Crippen MR) is 260 cm³/mol. The fraction of sp³-hybridized carbons (Fsp3) is 0. The second-order valence-electron chi connectivity index (χ2n) is 17.5. The zero-order valence-electron chi connectivity index (χ0n) is 32.7. The van der Waals surface area contributed by atoms with Crippen molar-refractivity contribution >= 4 is 157 Å². The summed E-state index contributed by atoms with van der Waals surface area (Å²) in [6, 6.07) is 59.1. The number of benzene rings is 9. The van der Waals surface area contributed by atoms with E-state index in [0.717, 1.165) is 33.1 Å². The average molecular weight is 821 g/mol. The maximum atomic E-state index is 6.49. The molecule has 0 unspecified atom stereocenters. The van der Waals surface area contributed by atoms with E-state index in [-0.39, 0.29) is 13.4 Å². The van der Waals surface area contributed by atoms with Crippen molar-refractivity contribution in [2.75, 3.05) is 0 Å². The first-order chi connectivity index (χ1) is 30.7. The molecule has 9 aromatic carbocycles. The third kappa shape index (κ3) is 3.62. The summed E-state index contributed by atoms with van der Waals surface area (Å²) in [5.41, 5.74) is 19.6. The van der Waals surface area contributed by atoms with Gasteiger partial charge in [-0.15, -0.1) is 0 Å². The molecule has 4 nitrogen and oxygen atoms in total. The average Bonchev–Trinajstić information content (AvgIpc) is 4.05. The molecule has 13 aromatic rings. The van der Waals surface area contributed by atoms with Crippen LogP contribution in [0.4, 0.5) is 0 Å². The Balaban J connectivity index is 0.927. The van der Waals surface area contributed by atoms with Crippen molar-refractivity contribution < 1.29 is 8.83 Å². The topological polar surface area (TPSA) is 36.1 Å². The first-order valence-corrected chi connectivity index (χ1v) is 22.9. The summed E-state index contributed by atoms with van der Waals surface area (Å²) < 4.78 is 18.0. The van der Waals surface area contributed by atoms with Gasteiger partial charge >= 0.3 is 0 Å². The van der Waals surface area contributed by atoms with Crippen LogP contribution >= 0.6 is 23.5 Å². The Kier molecular flexibility index (Phi) is 5.50. The van der Waals surface area contributed by atoms with Crippen molar-refractivity contribution in [1.82, 2.24) is 9.13 Å². The van der Waals surface area contributed by atoms with Crippen LogP contribution in [0.15, 0.2) is 186 Å². The lowest BCUT2D eigenvalue weighted by molar-refractivity contribution is 0.669. The first-order valence-electron chi connectivity index (χ1n) is 21.3. The number of hydrogen-bond acceptors (Lipinski definition) is 4. The van der Waals surface area contributed by atoms with Crippen LogP contribution in [0.1, 0.15) is 0 Å². The highest BCUT2D eigenvalue weighted by molar-refractivity contribution is 8.01. The molecule has 0 N–H and O–H groups in total. The van der Waals surface area contributed by atoms with Crippen LogP contribution < -0.4 is 32.8 Å². The number of para-hydroxylation sites is 4. The summed E-state index contributed by atoms with van der Waals surface area (Å²) >= 11 is 3.88. The molecule has 17 rings (SSSR count). The summed E-state index contributed by atoms with van der Waals surface area (Å²) in [5.74, 6) is 0. The van der Waals surface area contributed by atoms with Crippen molar-refractivity contribution in [3.05, 3.63) is 158 Å². The molecule has 62 heavy (non-hydrogen) atoms. The summed E-state index contributed by atoms with van der Waals surface area (Å²) in [6.07, 6.45) is 0. The molecule has 4 aromatic heterocycles. The highest BCUT2D eigenvalue weighted by atomic mass is 32.2. The molecule has 0 spiro atoms. The lowest BCUT2D eigenvalue weighted by Gasteiger charge is -2.36. The van der Waals surface area contributed by atoms with Crippen LogP contribution in [0.5, 0.6) is 0 Å². The molecule has 0 saturated heterocycles. The van der Waals surface area contributed by atoms with Gasteiger partial charge in [-0.25, -0.2) is 0 Å². The molecule has 0 bridgehead atoms. The van der Waals surface area contributed by atoms with E-state index < -0.39 is 0 Å². The van der Waals surface area contributed by atoms with Gasteiger partial charge in [-0.3, -0.25) is 0 Å². The fourth-order valence-corrected chi connectivity index (χ4v) is 14.7. The van der Waals surface area contributed by atoms with Crippen molar-refractivity contribution in [2.45, 2.75) is 19.6 Å². The smallest absolute Gasteiger partial charge is 0.249 e. The number of nitrogens with zero attached hydrogens (tertiary/aromatic N) is 2. The van der Waals surface area contributed by atoms with Crippen LogP contribution in [0.25, 0.3) is 98.9 Å². The lowest BCUT2D eigenvalue weighted by Crippen LogP contribution is -2.62. The minimum Gasteiger partial charge on any atom is -0.456 e. The number of fused-ring (bicyclic) bond motifs is 20. The fourth-order valence-electron chi connectivity index (χ4n) is 12.2. The van der Waals surface area contributed by atoms with Crippen LogP contribution in [-0.2, 0) is 0 Å². The normalized spacial score (nSPS) is 14.3. The number of rotatable bonds is 0. The van der Waals surface area contributed by atoms with E-state index in [2.05, 4.69) is 167 Å². The summed E-state index contributed by atoms with van der Waals surface area (Å²) in [6.45, 7) is 0.203. The van der Waals surface area contributed by atoms with Gasteiger partial charge in [-0.05, 0) is 76.4 Å². The molecule has 8 heterocycles. The zero-order valence-corrected chi connectivity index (χ0v) is 34.3. The second kappa shape index (κ2) is 10.7. The molecule has 0 fully saturated rings. The van der Waals surface area contributed by atoms with Crippen molar-refractivity contribution in [1.29, 1.82) is 0 Å². The summed E-state index contributed by atoms with van der Waals surface area (Å²) in [4.78, 5) is 5.38. The molecule has 0 saturated carbocycles. The van der Waals surface area contributed by atoms with Gasteiger partial charge in [0, 0.05) is 97.2 Å². The highest BCUT2D eigenvalue weighted by Crippen LogP contribution is 2.45. The maximum absolute atomic E-state index is 6.49. The Hall–Kier alpha value is -6.99. The molecule has 282 valence electrons.